The number of hydrogen-bond acceptors (Lipinski definition) is 3. The number of anilines is 1. The quantitative estimate of drug-likeness (QED) is 0.890. The highest BCUT2D eigenvalue weighted by molar-refractivity contribution is 7.90. The summed E-state index contributed by atoms with van der Waals surface area (Å²) in [6, 6.07) is 7.03. The third-order valence-corrected chi connectivity index (χ3v) is 5.02. The van der Waals surface area contributed by atoms with Crippen LogP contribution >= 0.6 is 0 Å². The Kier molecular flexibility index (Phi) is 3.51. The average Bonchev–Trinajstić information content (AvgIpc) is 2.68. The monoisotopic (exact) mass is 284 g/mol. The molecule has 7 heteroatoms. The molecular formula is C12H16N2O4S. The summed E-state index contributed by atoms with van der Waals surface area (Å²) in [4.78, 5) is 10.9. The lowest BCUT2D eigenvalue weighted by atomic mass is 9.98. The molecule has 0 spiro atoms. The fraction of sp³-hybridized carbons (Fsp3) is 0.417. The molecule has 0 aliphatic carbocycles. The highest BCUT2D eigenvalue weighted by Gasteiger charge is 2.37. The number of fused-ring (bicyclic) bond motifs is 1. The average molecular weight is 284 g/mol. The van der Waals surface area contributed by atoms with Crippen molar-refractivity contribution in [3.8, 4) is 0 Å². The Hall–Kier alpha value is -1.60. The molecule has 0 saturated carbocycles. The smallest absolute Gasteiger partial charge is 0.304 e. The molecule has 1 aromatic carbocycles. The van der Waals surface area contributed by atoms with Gasteiger partial charge in [-0.3, -0.25) is 9.10 Å². The van der Waals surface area contributed by atoms with E-state index in [2.05, 4.69) is 0 Å². The summed E-state index contributed by atoms with van der Waals surface area (Å²) in [7, 11) is -0.663. The maximum atomic E-state index is 12.2. The van der Waals surface area contributed by atoms with Gasteiger partial charge in [0, 0.05) is 26.6 Å². The number of aliphatic carboxylic acids is 1. The second-order valence-electron chi connectivity index (χ2n) is 4.67. The molecule has 2 rings (SSSR count). The van der Waals surface area contributed by atoms with Gasteiger partial charge in [-0.15, -0.1) is 0 Å². The van der Waals surface area contributed by atoms with Crippen LogP contribution in [0.4, 0.5) is 5.69 Å². The molecule has 0 saturated heterocycles. The minimum absolute atomic E-state index is 0.0730. The van der Waals surface area contributed by atoms with Crippen molar-refractivity contribution in [3.05, 3.63) is 29.8 Å². The van der Waals surface area contributed by atoms with Gasteiger partial charge in [-0.25, -0.2) is 0 Å². The zero-order chi connectivity index (χ0) is 14.2. The Morgan fingerprint density at radius 1 is 1.42 bits per heavy atom. The van der Waals surface area contributed by atoms with Crippen LogP contribution in [0, 0.1) is 0 Å². The molecule has 0 bridgehead atoms. The zero-order valence-electron chi connectivity index (χ0n) is 10.8. The first-order valence-electron chi connectivity index (χ1n) is 5.85. The second kappa shape index (κ2) is 4.82. The number of nitrogens with zero attached hydrogens (tertiary/aromatic N) is 2. The predicted octanol–water partition coefficient (Wildman–Crippen LogP) is 0.871. The fourth-order valence-electron chi connectivity index (χ4n) is 2.26. The van der Waals surface area contributed by atoms with E-state index in [9.17, 15) is 13.2 Å². The van der Waals surface area contributed by atoms with E-state index >= 15 is 0 Å². The maximum Gasteiger partial charge on any atom is 0.304 e. The normalized spacial score (nSPS) is 18.7. The Bertz CT molecular complexity index is 598. The van der Waals surface area contributed by atoms with Crippen molar-refractivity contribution >= 4 is 21.9 Å². The van der Waals surface area contributed by atoms with Crippen LogP contribution in [0.15, 0.2) is 24.3 Å². The minimum Gasteiger partial charge on any atom is -0.481 e. The molecule has 1 N–H and O–H groups in total. The van der Waals surface area contributed by atoms with Gasteiger partial charge in [0.1, 0.15) is 0 Å². The Morgan fingerprint density at radius 2 is 2.05 bits per heavy atom. The van der Waals surface area contributed by atoms with E-state index in [0.29, 0.717) is 5.69 Å². The van der Waals surface area contributed by atoms with Gasteiger partial charge in [-0.05, 0) is 11.6 Å². The topological polar surface area (TPSA) is 77.9 Å². The van der Waals surface area contributed by atoms with E-state index < -0.39 is 16.2 Å². The van der Waals surface area contributed by atoms with Gasteiger partial charge in [0.15, 0.2) is 0 Å². The summed E-state index contributed by atoms with van der Waals surface area (Å²) < 4.78 is 26.9. The van der Waals surface area contributed by atoms with Gasteiger partial charge >= 0.3 is 16.2 Å². The molecule has 0 amide bonds. The third kappa shape index (κ3) is 2.43. The SMILES string of the molecule is CN(C)S(=O)(=O)N1CC(CC(=O)O)c2ccccc21. The molecule has 0 radical (unpaired) electrons. The van der Waals surface area contributed by atoms with E-state index in [4.69, 9.17) is 5.11 Å². The van der Waals surface area contributed by atoms with E-state index in [1.54, 1.807) is 24.3 Å². The standard InChI is InChI=1S/C12H16N2O4S/c1-13(2)19(17,18)14-8-9(7-12(15)16)10-5-3-4-6-11(10)14/h3-6,9H,7-8H2,1-2H3,(H,15,16). The van der Waals surface area contributed by atoms with Crippen LogP contribution in [-0.4, -0.2) is 44.4 Å². The largest absolute Gasteiger partial charge is 0.481 e. The first kappa shape index (κ1) is 13.8. The Labute approximate surface area is 112 Å². The van der Waals surface area contributed by atoms with Crippen molar-refractivity contribution in [2.75, 3.05) is 24.9 Å². The van der Waals surface area contributed by atoms with Crippen LogP contribution < -0.4 is 4.31 Å². The number of rotatable bonds is 4. The van der Waals surface area contributed by atoms with E-state index in [-0.39, 0.29) is 18.9 Å². The Balaban J connectivity index is 2.44. The summed E-state index contributed by atoms with van der Waals surface area (Å²) in [5.74, 6) is -1.23. The van der Waals surface area contributed by atoms with Crippen LogP contribution in [0.25, 0.3) is 0 Å². The van der Waals surface area contributed by atoms with Crippen molar-refractivity contribution in [1.29, 1.82) is 0 Å². The molecule has 6 nitrogen and oxygen atoms in total. The lowest BCUT2D eigenvalue weighted by molar-refractivity contribution is -0.137. The summed E-state index contributed by atoms with van der Waals surface area (Å²) in [5, 5.41) is 8.92. The maximum absolute atomic E-state index is 12.2. The van der Waals surface area contributed by atoms with Crippen molar-refractivity contribution in [2.24, 2.45) is 0 Å². The molecular weight excluding hydrogens is 268 g/mol. The first-order chi connectivity index (χ1) is 8.84. The molecule has 0 aromatic heterocycles. The number of carboxylic acid groups (broad SMARTS) is 1. The van der Waals surface area contributed by atoms with E-state index in [0.717, 1.165) is 9.87 Å². The van der Waals surface area contributed by atoms with Gasteiger partial charge in [0.05, 0.1) is 12.1 Å². The molecule has 0 fully saturated rings. The molecule has 1 unspecified atom stereocenters. The third-order valence-electron chi connectivity index (χ3n) is 3.19. The van der Waals surface area contributed by atoms with Crippen molar-refractivity contribution < 1.29 is 18.3 Å². The van der Waals surface area contributed by atoms with Gasteiger partial charge in [0.2, 0.25) is 0 Å². The lowest BCUT2D eigenvalue weighted by Gasteiger charge is -2.23. The molecule has 104 valence electrons. The summed E-state index contributed by atoms with van der Waals surface area (Å²) in [5.41, 5.74) is 1.35. The van der Waals surface area contributed by atoms with Crippen LogP contribution in [0.3, 0.4) is 0 Å². The van der Waals surface area contributed by atoms with Crippen molar-refractivity contribution in [2.45, 2.75) is 12.3 Å². The molecule has 19 heavy (non-hydrogen) atoms. The van der Waals surface area contributed by atoms with Crippen molar-refractivity contribution in [1.82, 2.24) is 4.31 Å². The molecule has 1 aliphatic rings. The number of hydrogen-bond donors (Lipinski definition) is 1. The van der Waals surface area contributed by atoms with Gasteiger partial charge in [0.25, 0.3) is 0 Å². The van der Waals surface area contributed by atoms with Gasteiger partial charge in [-0.2, -0.15) is 12.7 Å². The van der Waals surface area contributed by atoms with Gasteiger partial charge in [-0.1, -0.05) is 18.2 Å². The number of carboxylic acids is 1. The van der Waals surface area contributed by atoms with Crippen LogP contribution in [0.2, 0.25) is 0 Å². The number of para-hydroxylation sites is 1. The second-order valence-corrected chi connectivity index (χ2v) is 6.74. The molecule has 1 aliphatic heterocycles. The zero-order valence-corrected chi connectivity index (χ0v) is 11.6. The number of carbonyl (C=O) groups is 1. The minimum atomic E-state index is -3.58. The van der Waals surface area contributed by atoms with Crippen molar-refractivity contribution in [3.63, 3.8) is 0 Å². The molecule has 1 heterocycles. The molecule has 1 atom stereocenters. The Morgan fingerprint density at radius 3 is 2.63 bits per heavy atom. The highest BCUT2D eigenvalue weighted by Crippen LogP contribution is 2.39. The van der Waals surface area contributed by atoms with Crippen LogP contribution in [0.1, 0.15) is 17.9 Å². The van der Waals surface area contributed by atoms with E-state index in [1.165, 1.54) is 18.4 Å². The first-order valence-corrected chi connectivity index (χ1v) is 7.24. The number of benzene rings is 1. The molecule has 1 aromatic rings. The summed E-state index contributed by atoms with van der Waals surface area (Å²) >= 11 is 0. The summed E-state index contributed by atoms with van der Waals surface area (Å²) in [6.45, 7) is 0.173. The fourth-order valence-corrected chi connectivity index (χ4v) is 3.44. The summed E-state index contributed by atoms with van der Waals surface area (Å²) in [6.07, 6.45) is -0.0730. The van der Waals surface area contributed by atoms with E-state index in [1.807, 2.05) is 0 Å². The predicted molar refractivity (Wildman–Crippen MR) is 71.4 cm³/mol. The van der Waals surface area contributed by atoms with Gasteiger partial charge < -0.3 is 5.11 Å². The highest BCUT2D eigenvalue weighted by atomic mass is 32.2. The van der Waals surface area contributed by atoms with Crippen LogP contribution in [0.5, 0.6) is 0 Å². The lowest BCUT2D eigenvalue weighted by Crippen LogP contribution is -2.39. The van der Waals surface area contributed by atoms with Crippen LogP contribution in [-0.2, 0) is 15.0 Å².